The number of oxime groups is 1. The number of carbonyl (C=O) groups excluding carboxylic acids is 5. The molecule has 8 rings (SSSR count). The fourth-order valence-corrected chi connectivity index (χ4v) is 15.8. The van der Waals surface area contributed by atoms with Gasteiger partial charge in [0.1, 0.15) is 47.8 Å². The second-order valence-corrected chi connectivity index (χ2v) is 32.6. The molecular formula is C90H143N11O23. The van der Waals surface area contributed by atoms with Crippen LogP contribution in [-0.4, -0.2) is 304 Å². The van der Waals surface area contributed by atoms with Gasteiger partial charge < -0.3 is 113 Å². The summed E-state index contributed by atoms with van der Waals surface area (Å²) in [6.07, 6.45) is 17.6. The first-order chi connectivity index (χ1) is 59.9. The number of ketones is 1. The molecule has 1 saturated carbocycles. The highest BCUT2D eigenvalue weighted by atomic mass is 16.6. The van der Waals surface area contributed by atoms with Gasteiger partial charge >= 0.3 is 5.97 Å². The van der Waals surface area contributed by atoms with Crippen LogP contribution in [0, 0.1) is 35.5 Å². The smallest absolute Gasteiger partial charge is 0.329 e. The van der Waals surface area contributed by atoms with Gasteiger partial charge in [0, 0.05) is 121 Å². The number of nitrogens with zero attached hydrogens (tertiary/aromatic N) is 7. The molecule has 2 bridgehead atoms. The van der Waals surface area contributed by atoms with E-state index in [9.17, 15) is 44.4 Å². The number of H-pyrrole nitrogens is 1. The molecule has 0 aromatic carbocycles. The average Bonchev–Trinajstić information content (AvgIpc) is 1.25. The van der Waals surface area contributed by atoms with E-state index in [1.165, 1.54) is 18.3 Å². The standard InChI is InChI=1S/C61H101N3O17.C29H42N8O6/c1-12-76-28-29-78-31-30-77-27-25-62-54(67)38-79-63-55-43(6)32-39(2)18-14-13-15-19-40(3)51(73-9)36-47-23-21-45(8)61(72,81-47)58(69)59(70)64-26-17-16-20-48(64)60(71)80-52(42(5)34-46-22-24-49(65)53(35-46)74-10)37-50(66)41(4)33-44(7)56(68)57(55)75-11;1-2-39-11-12-41-15-16-43-18-17-42-14-13-40-10-6-24(38)31-7-3-4-9-37-29-25(27(30)34-21-35-29)26(36-37)23-19-22-5-8-32-28(22)33-20-23/h13-15,18-19,33,39,41-43,45-53,56-57,65-66,68,72H,12,16-17,20-32,34-38H2,1-11H3,(H,62,67);5,8,19-21H,2-4,6-7,9-18H2,1H3,(H,31,38)(H,32,33)(H2,30,34,35)/b15-13+,18-14+,40-19+,44-33+,63-55?;/t39-,41-,42-,43-,45-,46+,47+,48+,49-,50-,51+,52+,53-,56-,57+,61-;/m1./s1. The van der Waals surface area contributed by atoms with Crippen LogP contribution in [0.2, 0.25) is 0 Å². The Bertz CT molecular complexity index is 3970. The number of pyridine rings is 1. The lowest BCUT2D eigenvalue weighted by molar-refractivity contribution is -0.265. The maximum absolute atomic E-state index is 14.6. The molecule has 4 aliphatic rings. The SMILES string of the molecule is CCOCCOCCOCCNC(=O)CON=C1[C@H](C)C[C@H](C)/C=C/C=C/C=C(\C)[C@@H](OC)C[C@@H]2CC[C@@H](C)[C@@](O)(O2)C(=O)C(=O)N2CCCC[C@H]2C(=O)O[C@H]([C@H](C)C[C@@H]2CC[C@@H](O)[C@H](OC)C2)C[C@@H](O)[C@H](C)/C=C(\C)[C@@H](O)[C@H]1OC.CCOCCOCCOCCOCCOCCC(=O)NCCCCn1nc(-c2cnc3[nH]ccc3c2)c2c(N)ncnc21. The second kappa shape index (κ2) is 56.6. The highest BCUT2D eigenvalue weighted by molar-refractivity contribution is 6.39. The number of aliphatic hydroxyl groups is 4. The van der Waals surface area contributed by atoms with Crippen molar-refractivity contribution in [3.8, 4) is 11.3 Å². The van der Waals surface area contributed by atoms with E-state index in [1.807, 2.05) is 88.0 Å². The first-order valence-corrected chi connectivity index (χ1v) is 44.4. The van der Waals surface area contributed by atoms with Gasteiger partial charge in [0.15, 0.2) is 12.3 Å². The number of aliphatic hydroxyl groups excluding tert-OH is 3. The molecule has 4 aromatic rings. The number of allylic oxidation sites excluding steroid dienone is 5. The Morgan fingerprint density at radius 3 is 2.06 bits per heavy atom. The van der Waals surface area contributed by atoms with E-state index >= 15 is 0 Å². The Kier molecular flexibility index (Phi) is 47.2. The van der Waals surface area contributed by atoms with E-state index in [0.29, 0.717) is 210 Å². The lowest BCUT2D eigenvalue weighted by Crippen LogP contribution is -2.61. The zero-order valence-electron chi connectivity index (χ0n) is 75.2. The number of nitrogen functional groups attached to an aromatic ring is 1. The summed E-state index contributed by atoms with van der Waals surface area (Å²) in [5.74, 6) is -7.24. The number of methoxy groups -OCH3 is 3. The lowest BCUT2D eigenvalue weighted by Gasteiger charge is -2.43. The molecule has 2 saturated heterocycles. The van der Waals surface area contributed by atoms with E-state index in [4.69, 9.17) is 77.2 Å². The molecule has 34 heteroatoms. The van der Waals surface area contributed by atoms with Crippen LogP contribution in [0.1, 0.15) is 159 Å². The molecule has 9 N–H and O–H groups in total. The molecule has 696 valence electrons. The lowest BCUT2D eigenvalue weighted by atomic mass is 9.78. The van der Waals surface area contributed by atoms with E-state index in [0.717, 1.165) is 41.4 Å². The Balaban J connectivity index is 0.000000410. The number of aryl methyl sites for hydroxylation is 1. The minimum atomic E-state index is -2.44. The molecular weight excluding hydrogens is 1600 g/mol. The number of unbranched alkanes of at least 4 members (excludes halogenated alkanes) is 1. The van der Waals surface area contributed by atoms with Gasteiger partial charge in [-0.15, -0.1) is 0 Å². The Morgan fingerprint density at radius 2 is 1.40 bits per heavy atom. The number of esters is 1. The van der Waals surface area contributed by atoms with Crippen LogP contribution in [-0.2, 0) is 96.9 Å². The van der Waals surface area contributed by atoms with Crippen LogP contribution in [0.3, 0.4) is 0 Å². The summed E-state index contributed by atoms with van der Waals surface area (Å²) in [6, 6.07) is 2.84. The third-order valence-electron chi connectivity index (χ3n) is 23.1. The van der Waals surface area contributed by atoms with Gasteiger partial charge in [0.25, 0.3) is 17.6 Å². The van der Waals surface area contributed by atoms with Crippen molar-refractivity contribution >= 4 is 63.1 Å². The van der Waals surface area contributed by atoms with E-state index < -0.39 is 96.6 Å². The number of nitrogens with two attached hydrogens (primary N) is 1. The van der Waals surface area contributed by atoms with Crippen molar-refractivity contribution in [3.63, 3.8) is 0 Å². The Labute approximate surface area is 731 Å². The van der Waals surface area contributed by atoms with Crippen molar-refractivity contribution in [1.82, 2.24) is 45.2 Å². The molecule has 0 unspecified atom stereocenters. The topological polar surface area (TPSA) is 433 Å². The number of hydrogen-bond donors (Lipinski definition) is 8. The van der Waals surface area contributed by atoms with Gasteiger partial charge in [0.2, 0.25) is 11.7 Å². The van der Waals surface area contributed by atoms with Crippen molar-refractivity contribution in [1.29, 1.82) is 0 Å². The first-order valence-electron chi connectivity index (χ1n) is 44.4. The second-order valence-electron chi connectivity index (χ2n) is 32.6. The summed E-state index contributed by atoms with van der Waals surface area (Å²) >= 11 is 0. The van der Waals surface area contributed by atoms with Crippen LogP contribution < -0.4 is 16.4 Å². The quantitative estimate of drug-likeness (QED) is 0.00680. The van der Waals surface area contributed by atoms with Crippen molar-refractivity contribution < 1.29 is 111 Å². The maximum atomic E-state index is 14.6. The number of amides is 3. The molecule has 3 fully saturated rings. The van der Waals surface area contributed by atoms with Crippen molar-refractivity contribution in [2.75, 3.05) is 159 Å². The number of aromatic nitrogens is 6. The highest BCUT2D eigenvalue weighted by Gasteiger charge is 2.53. The Morgan fingerprint density at radius 1 is 0.726 bits per heavy atom. The number of nitrogens with one attached hydrogen (secondary N) is 3. The van der Waals surface area contributed by atoms with Crippen LogP contribution >= 0.6 is 0 Å². The number of aromatic amines is 1. The molecule has 3 amide bonds. The van der Waals surface area contributed by atoms with Crippen LogP contribution in [0.5, 0.6) is 0 Å². The predicted molar refractivity (Wildman–Crippen MR) is 467 cm³/mol. The fraction of sp³-hybridized carbons (Fsp3) is 0.711. The first kappa shape index (κ1) is 103. The van der Waals surface area contributed by atoms with Gasteiger partial charge in [-0.1, -0.05) is 76.2 Å². The molecule has 124 heavy (non-hydrogen) atoms. The largest absolute Gasteiger partial charge is 0.460 e. The summed E-state index contributed by atoms with van der Waals surface area (Å²) in [7, 11) is 4.61. The number of cyclic esters (lactones) is 1. The van der Waals surface area contributed by atoms with Crippen LogP contribution in [0.25, 0.3) is 33.3 Å². The molecule has 3 aliphatic heterocycles. The number of piperidine rings is 1. The minimum absolute atomic E-state index is 0.00185. The number of fused-ring (bicyclic) bond motifs is 5. The highest BCUT2D eigenvalue weighted by Crippen LogP contribution is 2.39. The molecule has 0 spiro atoms. The van der Waals surface area contributed by atoms with E-state index in [-0.39, 0.29) is 68.2 Å². The van der Waals surface area contributed by atoms with Gasteiger partial charge in [0.05, 0.1) is 134 Å². The number of rotatable bonds is 41. The molecule has 7 heterocycles. The predicted octanol–water partition coefficient (Wildman–Crippen LogP) is 8.30. The summed E-state index contributed by atoms with van der Waals surface area (Å²) in [5, 5.41) is 63.5. The summed E-state index contributed by atoms with van der Waals surface area (Å²) in [5.41, 5.74) is 10.9. The van der Waals surface area contributed by atoms with Crippen molar-refractivity contribution in [2.24, 2.45) is 40.7 Å². The number of Topliss-reactive ketones (excluding diaryl/α,β-unsaturated/α-hetero) is 1. The van der Waals surface area contributed by atoms with E-state index in [1.54, 1.807) is 47.3 Å². The van der Waals surface area contributed by atoms with Crippen molar-refractivity contribution in [2.45, 2.75) is 226 Å². The van der Waals surface area contributed by atoms with Gasteiger partial charge in [-0.3, -0.25) is 19.2 Å². The molecule has 0 radical (unpaired) electrons. The molecule has 34 nitrogen and oxygen atoms in total. The van der Waals surface area contributed by atoms with Gasteiger partial charge in [-0.2, -0.15) is 5.10 Å². The average molecular weight is 1750 g/mol. The summed E-state index contributed by atoms with van der Waals surface area (Å²) in [6.45, 7) is 25.9. The fourth-order valence-electron chi connectivity index (χ4n) is 15.8. The Hall–Kier alpha value is -7.62. The minimum Gasteiger partial charge on any atom is -0.460 e. The number of hydrogen-bond acceptors (Lipinski definition) is 29. The molecule has 16 atom stereocenters. The monoisotopic (exact) mass is 1750 g/mol. The summed E-state index contributed by atoms with van der Waals surface area (Å²) in [4.78, 5) is 91.4. The number of anilines is 1. The zero-order chi connectivity index (χ0) is 89.8. The number of carbonyl (C=O) groups is 5. The third kappa shape index (κ3) is 33.9. The van der Waals surface area contributed by atoms with Crippen LogP contribution in [0.4, 0.5) is 5.82 Å². The van der Waals surface area contributed by atoms with Gasteiger partial charge in [-0.05, 0) is 146 Å². The third-order valence-corrected chi connectivity index (χ3v) is 23.1. The van der Waals surface area contributed by atoms with Crippen LogP contribution in [0.15, 0.2) is 83.6 Å². The van der Waals surface area contributed by atoms with E-state index in [2.05, 4.69) is 42.6 Å². The summed E-state index contributed by atoms with van der Waals surface area (Å²) < 4.78 is 75.2. The molecule has 4 aromatic heterocycles. The number of ether oxygens (including phenoxy) is 13. The molecule has 1 aliphatic carbocycles. The van der Waals surface area contributed by atoms with Crippen molar-refractivity contribution in [3.05, 3.63) is 78.5 Å². The van der Waals surface area contributed by atoms with Gasteiger partial charge in [-0.25, -0.2) is 24.4 Å². The zero-order valence-corrected chi connectivity index (χ0v) is 75.2. The maximum Gasteiger partial charge on any atom is 0.329 e. The normalized spacial score (nSPS) is 27.6.